The van der Waals surface area contributed by atoms with Gasteiger partial charge in [-0.1, -0.05) is 43.0 Å². The fourth-order valence-electron chi connectivity index (χ4n) is 2.84. The van der Waals surface area contributed by atoms with Crippen LogP contribution in [0.15, 0.2) is 77.4 Å². The molecular weight excluding hydrogens is 429 g/mol. The molecule has 0 bridgehead atoms. The van der Waals surface area contributed by atoms with Crippen LogP contribution in [-0.2, 0) is 14.3 Å². The monoisotopic (exact) mass is 457 g/mol. The Morgan fingerprint density at radius 1 is 1.38 bits per heavy atom. The Labute approximate surface area is 192 Å². The molecule has 6 nitrogen and oxygen atoms in total. The summed E-state index contributed by atoms with van der Waals surface area (Å²) >= 11 is 1.32. The number of aliphatic imine (C=N–C) groups is 1. The zero-order valence-electron chi connectivity index (χ0n) is 18.5. The number of halogens is 1. The molecule has 0 saturated carbocycles. The molecule has 1 unspecified atom stereocenters. The van der Waals surface area contributed by atoms with Gasteiger partial charge in [0.1, 0.15) is 11.6 Å². The second-order valence-electron chi connectivity index (χ2n) is 6.72. The zero-order chi connectivity index (χ0) is 23.3. The van der Waals surface area contributed by atoms with Crippen molar-refractivity contribution in [3.63, 3.8) is 0 Å². The normalized spacial score (nSPS) is 18.9. The van der Waals surface area contributed by atoms with Gasteiger partial charge in [-0.3, -0.25) is 14.5 Å². The lowest BCUT2D eigenvalue weighted by Crippen LogP contribution is -2.34. The van der Waals surface area contributed by atoms with Crippen molar-refractivity contribution < 1.29 is 18.7 Å². The maximum absolute atomic E-state index is 13.6. The van der Waals surface area contributed by atoms with E-state index >= 15 is 0 Å². The highest BCUT2D eigenvalue weighted by Gasteiger charge is 2.37. The van der Waals surface area contributed by atoms with Gasteiger partial charge in [-0.2, -0.15) is 0 Å². The molecule has 1 aromatic rings. The number of nitrogens with one attached hydrogen (secondary N) is 1. The van der Waals surface area contributed by atoms with Gasteiger partial charge in [-0.05, 0) is 57.0 Å². The third kappa shape index (κ3) is 7.53. The number of benzene rings is 1. The first kappa shape index (κ1) is 25.1. The van der Waals surface area contributed by atoms with E-state index in [4.69, 9.17) is 4.74 Å². The minimum Gasteiger partial charge on any atom is -0.468 e. The number of nitrogens with zero attached hydrogens (tertiary/aromatic N) is 2. The molecule has 1 fully saturated rings. The quantitative estimate of drug-likeness (QED) is 0.282. The van der Waals surface area contributed by atoms with Gasteiger partial charge < -0.3 is 10.1 Å². The van der Waals surface area contributed by atoms with Crippen LogP contribution in [-0.4, -0.2) is 34.2 Å². The van der Waals surface area contributed by atoms with Crippen LogP contribution in [0.1, 0.15) is 33.6 Å². The zero-order valence-corrected chi connectivity index (χ0v) is 19.3. The summed E-state index contributed by atoms with van der Waals surface area (Å²) in [6.07, 6.45) is 12.5. The Kier molecular flexibility index (Phi) is 10.5. The summed E-state index contributed by atoms with van der Waals surface area (Å²) in [7, 11) is 0. The van der Waals surface area contributed by atoms with Crippen molar-refractivity contribution in [1.29, 1.82) is 0 Å². The Morgan fingerprint density at radius 2 is 2.19 bits per heavy atom. The standard InChI is InChI=1S/C24H28FN3O3S/c1-4-9-19(26-17-29)11-8-13-22-23(30)28(16-21(6-3)31-14-5-2)24(32-22)27-20-12-7-10-18(25)15-20/h5-12,14-15,17,22H,4,13,16H2,1-3H3,(H,26,29)/b11-8-,14-5-,19-9+,21-6-,27-24?. The highest BCUT2D eigenvalue weighted by atomic mass is 32.2. The van der Waals surface area contributed by atoms with Crippen molar-refractivity contribution in [2.75, 3.05) is 6.54 Å². The number of hydrogen-bond acceptors (Lipinski definition) is 5. The molecule has 0 radical (unpaired) electrons. The summed E-state index contributed by atoms with van der Waals surface area (Å²) in [4.78, 5) is 30.0. The second-order valence-corrected chi connectivity index (χ2v) is 7.89. The number of thioether (sulfide) groups is 1. The fourth-order valence-corrected chi connectivity index (χ4v) is 3.97. The highest BCUT2D eigenvalue weighted by molar-refractivity contribution is 8.15. The van der Waals surface area contributed by atoms with Crippen LogP contribution in [0.3, 0.4) is 0 Å². The Bertz CT molecular complexity index is 954. The molecule has 0 aliphatic carbocycles. The van der Waals surface area contributed by atoms with Crippen LogP contribution in [0.25, 0.3) is 0 Å². The van der Waals surface area contributed by atoms with E-state index in [1.54, 1.807) is 41.5 Å². The van der Waals surface area contributed by atoms with Gasteiger partial charge in [0.05, 0.1) is 23.7 Å². The number of amides is 2. The summed E-state index contributed by atoms with van der Waals surface area (Å²) in [6.45, 7) is 5.86. The van der Waals surface area contributed by atoms with E-state index in [1.807, 2.05) is 32.9 Å². The van der Waals surface area contributed by atoms with Crippen molar-refractivity contribution in [3.8, 4) is 0 Å². The molecule has 1 atom stereocenters. The van der Waals surface area contributed by atoms with E-state index in [1.165, 1.54) is 23.9 Å². The number of ether oxygens (including phenoxy) is 1. The van der Waals surface area contributed by atoms with Crippen LogP contribution in [0.5, 0.6) is 0 Å². The molecule has 1 N–H and O–H groups in total. The van der Waals surface area contributed by atoms with Gasteiger partial charge in [-0.25, -0.2) is 9.38 Å². The van der Waals surface area contributed by atoms with Crippen LogP contribution in [0.2, 0.25) is 0 Å². The fraction of sp³-hybridized carbons (Fsp3) is 0.292. The molecule has 170 valence electrons. The third-order valence-corrected chi connectivity index (χ3v) is 5.54. The predicted octanol–water partition coefficient (Wildman–Crippen LogP) is 5.20. The van der Waals surface area contributed by atoms with Gasteiger partial charge in [0.15, 0.2) is 5.17 Å². The number of rotatable bonds is 11. The second kappa shape index (κ2) is 13.3. The molecule has 1 heterocycles. The first-order chi connectivity index (χ1) is 15.5. The topological polar surface area (TPSA) is 71.0 Å². The lowest BCUT2D eigenvalue weighted by molar-refractivity contribution is -0.126. The van der Waals surface area contributed by atoms with Crippen LogP contribution < -0.4 is 5.32 Å². The van der Waals surface area contributed by atoms with Crippen molar-refractivity contribution in [2.24, 2.45) is 4.99 Å². The Morgan fingerprint density at radius 3 is 2.84 bits per heavy atom. The molecule has 32 heavy (non-hydrogen) atoms. The molecule has 1 aromatic carbocycles. The van der Waals surface area contributed by atoms with Crippen molar-refractivity contribution in [1.82, 2.24) is 10.2 Å². The van der Waals surface area contributed by atoms with Crippen molar-refractivity contribution >= 4 is 34.9 Å². The first-order valence-electron chi connectivity index (χ1n) is 10.3. The summed E-state index contributed by atoms with van der Waals surface area (Å²) in [5, 5.41) is 2.72. The van der Waals surface area contributed by atoms with Crippen LogP contribution >= 0.6 is 11.8 Å². The van der Waals surface area contributed by atoms with Gasteiger partial charge >= 0.3 is 0 Å². The summed E-state index contributed by atoms with van der Waals surface area (Å²) in [5.74, 6) is 0.0989. The van der Waals surface area contributed by atoms with Gasteiger partial charge in [-0.15, -0.1) is 0 Å². The lowest BCUT2D eigenvalue weighted by atomic mass is 10.2. The smallest absolute Gasteiger partial charge is 0.242 e. The Hall–Kier alpha value is -3.13. The summed E-state index contributed by atoms with van der Waals surface area (Å²) < 4.78 is 19.2. The van der Waals surface area contributed by atoms with E-state index in [9.17, 15) is 14.0 Å². The third-order valence-electron chi connectivity index (χ3n) is 4.34. The first-order valence-corrected chi connectivity index (χ1v) is 11.2. The molecular formula is C24H28FN3O3S. The number of allylic oxidation sites excluding steroid dienone is 5. The lowest BCUT2D eigenvalue weighted by Gasteiger charge is -2.17. The largest absolute Gasteiger partial charge is 0.468 e. The van der Waals surface area contributed by atoms with E-state index in [-0.39, 0.29) is 12.5 Å². The maximum Gasteiger partial charge on any atom is 0.242 e. The van der Waals surface area contributed by atoms with E-state index in [0.717, 1.165) is 6.42 Å². The van der Waals surface area contributed by atoms with Gasteiger partial charge in [0.25, 0.3) is 0 Å². The Balaban J connectivity index is 2.26. The molecule has 2 rings (SSSR count). The molecule has 1 aliphatic heterocycles. The number of carbonyl (C=O) groups excluding carboxylic acids is 2. The van der Waals surface area contributed by atoms with Gasteiger partial charge in [0, 0.05) is 5.70 Å². The SMILES string of the molecule is C/C=C\O/C(=C\C)CN1C(=O)C(C/C=C\C(=C/CC)NC=O)SC1=Nc1cccc(F)c1. The van der Waals surface area contributed by atoms with E-state index in [0.29, 0.717) is 35.1 Å². The molecule has 2 amide bonds. The average Bonchev–Trinajstić information content (AvgIpc) is 3.05. The van der Waals surface area contributed by atoms with E-state index in [2.05, 4.69) is 10.3 Å². The maximum atomic E-state index is 13.6. The molecule has 8 heteroatoms. The summed E-state index contributed by atoms with van der Waals surface area (Å²) in [5.41, 5.74) is 1.11. The molecule has 1 aliphatic rings. The van der Waals surface area contributed by atoms with Crippen LogP contribution in [0, 0.1) is 5.82 Å². The minimum absolute atomic E-state index is 0.109. The highest BCUT2D eigenvalue weighted by Crippen LogP contribution is 2.32. The molecule has 1 saturated heterocycles. The molecule has 0 spiro atoms. The number of amidine groups is 1. The van der Waals surface area contributed by atoms with Gasteiger partial charge in [0.2, 0.25) is 12.3 Å². The van der Waals surface area contributed by atoms with Crippen molar-refractivity contribution in [3.05, 3.63) is 78.2 Å². The minimum atomic E-state index is -0.393. The van der Waals surface area contributed by atoms with Crippen molar-refractivity contribution in [2.45, 2.75) is 38.9 Å². The van der Waals surface area contributed by atoms with E-state index < -0.39 is 11.1 Å². The number of carbonyl (C=O) groups is 2. The van der Waals surface area contributed by atoms with Crippen LogP contribution in [0.4, 0.5) is 10.1 Å². The number of hydrogen-bond donors (Lipinski definition) is 1. The predicted molar refractivity (Wildman–Crippen MR) is 128 cm³/mol. The summed E-state index contributed by atoms with van der Waals surface area (Å²) in [6, 6.07) is 5.93. The average molecular weight is 458 g/mol. The molecule has 0 aromatic heterocycles.